The number of rotatable bonds is 4. The number of halogens is 2. The van der Waals surface area contributed by atoms with Crippen LogP contribution in [0, 0.1) is 19.7 Å². The first kappa shape index (κ1) is 18.3. The Hall–Kier alpha value is -2.05. The lowest BCUT2D eigenvalue weighted by molar-refractivity contribution is 0.628. The molecule has 0 aliphatic rings. The second-order valence-corrected chi connectivity index (χ2v) is 6.13. The number of thiazole rings is 1. The molecule has 3 rings (SSSR count). The minimum atomic E-state index is -0.250. The highest BCUT2D eigenvalue weighted by Gasteiger charge is 2.04. The summed E-state index contributed by atoms with van der Waals surface area (Å²) in [7, 11) is 0. The first-order valence-corrected chi connectivity index (χ1v) is 8.07. The van der Waals surface area contributed by atoms with E-state index in [9.17, 15) is 4.39 Å². The van der Waals surface area contributed by atoms with Gasteiger partial charge in [-0.1, -0.05) is 23.8 Å². The fourth-order valence-electron chi connectivity index (χ4n) is 2.21. The molecule has 0 amide bonds. The molecule has 1 heterocycles. The van der Waals surface area contributed by atoms with Gasteiger partial charge < -0.3 is 0 Å². The van der Waals surface area contributed by atoms with E-state index >= 15 is 0 Å². The normalized spacial score (nSPS) is 10.6. The molecule has 0 unspecified atom stereocenters. The number of aryl methyl sites for hydroxylation is 2. The van der Waals surface area contributed by atoms with Crippen LogP contribution >= 0.6 is 28.3 Å². The van der Waals surface area contributed by atoms with E-state index in [1.165, 1.54) is 34.6 Å². The van der Waals surface area contributed by atoms with E-state index < -0.39 is 0 Å². The minimum Gasteiger partial charge on any atom is -0.253 e. The van der Waals surface area contributed by atoms with Crippen LogP contribution in [0.3, 0.4) is 0 Å². The van der Waals surface area contributed by atoms with E-state index in [2.05, 4.69) is 41.5 Å². The zero-order valence-corrected chi connectivity index (χ0v) is 15.8. The Balaban J connectivity index is 0.00000208. The van der Waals surface area contributed by atoms with Gasteiger partial charge in [0, 0.05) is 10.9 Å². The molecule has 0 fully saturated rings. The predicted octanol–water partition coefficient (Wildman–Crippen LogP) is 5.59. The average molecular weight is 406 g/mol. The van der Waals surface area contributed by atoms with Crippen molar-refractivity contribution in [2.75, 3.05) is 5.43 Å². The fraction of sp³-hybridized carbons (Fsp3) is 0.111. The smallest absolute Gasteiger partial charge is 0.203 e. The number of hydrogen-bond acceptors (Lipinski definition) is 4. The lowest BCUT2D eigenvalue weighted by Gasteiger charge is -2.01. The van der Waals surface area contributed by atoms with Crippen LogP contribution in [0.1, 0.15) is 16.7 Å². The lowest BCUT2D eigenvalue weighted by Crippen LogP contribution is -1.93. The molecule has 0 aliphatic carbocycles. The quantitative estimate of drug-likeness (QED) is 0.453. The van der Waals surface area contributed by atoms with E-state index in [-0.39, 0.29) is 22.8 Å². The number of nitrogens with one attached hydrogen (secondary N) is 1. The van der Waals surface area contributed by atoms with Crippen molar-refractivity contribution in [1.82, 2.24) is 4.98 Å². The van der Waals surface area contributed by atoms with Crippen LogP contribution in [0.15, 0.2) is 52.9 Å². The van der Waals surface area contributed by atoms with Crippen LogP contribution in [0.25, 0.3) is 11.3 Å². The number of benzene rings is 2. The van der Waals surface area contributed by atoms with E-state index in [1.54, 1.807) is 18.3 Å². The second-order valence-electron chi connectivity index (χ2n) is 5.27. The van der Waals surface area contributed by atoms with Gasteiger partial charge in [-0.15, -0.1) is 28.3 Å². The summed E-state index contributed by atoms with van der Waals surface area (Å²) < 4.78 is 12.9. The van der Waals surface area contributed by atoms with Gasteiger partial charge in [-0.05, 0) is 49.2 Å². The van der Waals surface area contributed by atoms with Gasteiger partial charge in [0.2, 0.25) is 5.13 Å². The van der Waals surface area contributed by atoms with Crippen LogP contribution in [0.4, 0.5) is 9.52 Å². The average Bonchev–Trinajstić information content (AvgIpc) is 2.99. The molecule has 6 heteroatoms. The maximum Gasteiger partial charge on any atom is 0.203 e. The molecule has 0 bridgehead atoms. The monoisotopic (exact) mass is 405 g/mol. The molecule has 0 spiro atoms. The molecule has 3 nitrogen and oxygen atoms in total. The third-order valence-corrected chi connectivity index (χ3v) is 4.18. The summed E-state index contributed by atoms with van der Waals surface area (Å²) in [5.41, 5.74) is 8.11. The Kier molecular flexibility index (Phi) is 6.23. The Morgan fingerprint density at radius 3 is 2.58 bits per heavy atom. The Labute approximate surface area is 155 Å². The molecule has 1 aromatic heterocycles. The lowest BCUT2D eigenvalue weighted by atomic mass is 10.1. The van der Waals surface area contributed by atoms with Crippen LogP contribution < -0.4 is 5.43 Å². The van der Waals surface area contributed by atoms with Crippen molar-refractivity contribution in [2.24, 2.45) is 5.10 Å². The molecule has 3 aromatic rings. The van der Waals surface area contributed by atoms with Crippen molar-refractivity contribution in [3.63, 3.8) is 0 Å². The Bertz CT molecular complexity index is 844. The minimum absolute atomic E-state index is 0. The zero-order chi connectivity index (χ0) is 16.2. The van der Waals surface area contributed by atoms with Gasteiger partial charge in [-0.2, -0.15) is 5.10 Å². The first-order chi connectivity index (χ1) is 11.1. The number of anilines is 1. The van der Waals surface area contributed by atoms with Gasteiger partial charge in [0.15, 0.2) is 0 Å². The predicted molar refractivity (Wildman–Crippen MR) is 105 cm³/mol. The van der Waals surface area contributed by atoms with Gasteiger partial charge in [0.1, 0.15) is 5.82 Å². The molecular weight excluding hydrogens is 389 g/mol. The largest absolute Gasteiger partial charge is 0.253 e. The molecule has 2 aromatic carbocycles. The van der Waals surface area contributed by atoms with Crippen LogP contribution in [0.5, 0.6) is 0 Å². The van der Waals surface area contributed by atoms with Crippen molar-refractivity contribution < 1.29 is 4.39 Å². The topological polar surface area (TPSA) is 37.3 Å². The van der Waals surface area contributed by atoms with Crippen molar-refractivity contribution in [3.05, 3.63) is 70.4 Å². The second kappa shape index (κ2) is 8.17. The third kappa shape index (κ3) is 4.49. The number of hydrogen-bond donors (Lipinski definition) is 1. The number of nitrogens with zero attached hydrogens (tertiary/aromatic N) is 2. The van der Waals surface area contributed by atoms with Crippen LogP contribution in [-0.4, -0.2) is 11.2 Å². The molecule has 0 radical (unpaired) electrons. The summed E-state index contributed by atoms with van der Waals surface area (Å²) in [5, 5.41) is 6.85. The summed E-state index contributed by atoms with van der Waals surface area (Å²) in [6.45, 7) is 4.13. The SMILES string of the molecule is Br.Cc1ccc(/C=N/Nc2nc(-c3ccc(F)cc3)cs2)c(C)c1. The summed E-state index contributed by atoms with van der Waals surface area (Å²) in [6, 6.07) is 12.5. The Morgan fingerprint density at radius 1 is 1.12 bits per heavy atom. The molecule has 1 N–H and O–H groups in total. The van der Waals surface area contributed by atoms with Crippen molar-refractivity contribution in [3.8, 4) is 11.3 Å². The summed E-state index contributed by atoms with van der Waals surface area (Å²) >= 11 is 1.46. The van der Waals surface area contributed by atoms with E-state index in [4.69, 9.17) is 0 Å². The molecule has 0 saturated heterocycles. The summed E-state index contributed by atoms with van der Waals surface area (Å²) in [6.07, 6.45) is 1.79. The highest BCUT2D eigenvalue weighted by molar-refractivity contribution is 8.93. The summed E-state index contributed by atoms with van der Waals surface area (Å²) in [5.74, 6) is -0.250. The molecule has 124 valence electrons. The van der Waals surface area contributed by atoms with Crippen LogP contribution in [0.2, 0.25) is 0 Å². The highest BCUT2D eigenvalue weighted by atomic mass is 79.9. The Morgan fingerprint density at radius 2 is 1.88 bits per heavy atom. The van der Waals surface area contributed by atoms with Gasteiger partial charge >= 0.3 is 0 Å². The van der Waals surface area contributed by atoms with Gasteiger partial charge in [-0.25, -0.2) is 9.37 Å². The van der Waals surface area contributed by atoms with E-state index in [1.807, 2.05) is 11.4 Å². The molecule has 24 heavy (non-hydrogen) atoms. The van der Waals surface area contributed by atoms with Crippen LogP contribution in [-0.2, 0) is 0 Å². The van der Waals surface area contributed by atoms with Gasteiger partial charge in [-0.3, -0.25) is 5.43 Å². The van der Waals surface area contributed by atoms with Crippen molar-refractivity contribution in [1.29, 1.82) is 0 Å². The molecule has 0 atom stereocenters. The number of hydrazone groups is 1. The third-order valence-electron chi connectivity index (χ3n) is 3.43. The summed E-state index contributed by atoms with van der Waals surface area (Å²) in [4.78, 5) is 4.45. The zero-order valence-electron chi connectivity index (χ0n) is 13.3. The van der Waals surface area contributed by atoms with Gasteiger partial charge in [0.25, 0.3) is 0 Å². The van der Waals surface area contributed by atoms with E-state index in [0.29, 0.717) is 5.13 Å². The number of aromatic nitrogens is 1. The maximum absolute atomic E-state index is 12.9. The molecular formula is C18H17BrFN3S. The molecule has 0 aliphatic heterocycles. The van der Waals surface area contributed by atoms with E-state index in [0.717, 1.165) is 16.8 Å². The molecule has 0 saturated carbocycles. The van der Waals surface area contributed by atoms with Crippen molar-refractivity contribution >= 4 is 39.7 Å². The highest BCUT2D eigenvalue weighted by Crippen LogP contribution is 2.25. The maximum atomic E-state index is 12.9. The van der Waals surface area contributed by atoms with Crippen molar-refractivity contribution in [2.45, 2.75) is 13.8 Å². The van der Waals surface area contributed by atoms with Gasteiger partial charge in [0.05, 0.1) is 11.9 Å². The first-order valence-electron chi connectivity index (χ1n) is 7.19. The standard InChI is InChI=1S/C18H16FN3S.BrH/c1-12-3-4-15(13(2)9-12)10-20-22-18-21-17(11-23-18)14-5-7-16(19)8-6-14;/h3-11H,1-2H3,(H,21,22);1H/b20-10+;. The fourth-order valence-corrected chi connectivity index (χ4v) is 2.87.